The molecule has 0 amide bonds. The van der Waals surface area contributed by atoms with Crippen molar-refractivity contribution in [3.8, 4) is 6.07 Å². The van der Waals surface area contributed by atoms with Crippen LogP contribution in [0.2, 0.25) is 0 Å². The van der Waals surface area contributed by atoms with E-state index in [9.17, 15) is 13.6 Å². The number of rotatable bonds is 4. The van der Waals surface area contributed by atoms with Crippen molar-refractivity contribution in [1.29, 1.82) is 5.26 Å². The minimum atomic E-state index is -2.77. The zero-order valence-corrected chi connectivity index (χ0v) is 11.0. The predicted octanol–water partition coefficient (Wildman–Crippen LogP) is 2.76. The van der Waals surface area contributed by atoms with E-state index in [1.54, 1.807) is 13.0 Å². The molecule has 0 atom stereocenters. The maximum absolute atomic E-state index is 12.5. The molecule has 0 aliphatic rings. The van der Waals surface area contributed by atoms with Crippen molar-refractivity contribution < 1.29 is 18.3 Å². The monoisotopic (exact) mass is 318 g/mol. The molecule has 0 aliphatic heterocycles. The molecule has 0 spiro atoms. The summed E-state index contributed by atoms with van der Waals surface area (Å²) in [7, 11) is 0. The first-order valence-corrected chi connectivity index (χ1v) is 5.82. The van der Waals surface area contributed by atoms with Gasteiger partial charge in [-0.2, -0.15) is 5.26 Å². The molecule has 0 aromatic carbocycles. The van der Waals surface area contributed by atoms with Gasteiger partial charge in [0.05, 0.1) is 24.7 Å². The Bertz CT molecular complexity index is 501. The lowest BCUT2D eigenvalue weighted by Crippen LogP contribution is -2.10. The van der Waals surface area contributed by atoms with E-state index in [4.69, 9.17) is 10.00 Å². The lowest BCUT2D eigenvalue weighted by molar-refractivity contribution is -0.142. The van der Waals surface area contributed by atoms with Crippen LogP contribution in [0.5, 0.6) is 0 Å². The van der Waals surface area contributed by atoms with Gasteiger partial charge in [-0.05, 0) is 28.9 Å². The quantitative estimate of drug-likeness (QED) is 0.632. The molecule has 0 fully saturated rings. The van der Waals surface area contributed by atoms with Gasteiger partial charge in [-0.3, -0.25) is 4.79 Å². The summed E-state index contributed by atoms with van der Waals surface area (Å²) in [5.74, 6) is -0.540. The topological polar surface area (TPSA) is 63.0 Å². The summed E-state index contributed by atoms with van der Waals surface area (Å²) in [5, 5.41) is 8.90. The molecule has 18 heavy (non-hydrogen) atoms. The third-order valence-corrected chi connectivity index (χ3v) is 2.72. The highest BCUT2D eigenvalue weighted by Crippen LogP contribution is 2.25. The number of carbonyl (C=O) groups excluding carboxylic acids is 1. The van der Waals surface area contributed by atoms with E-state index in [0.29, 0.717) is 0 Å². The number of ether oxygens (including phenoxy) is 1. The molecule has 0 N–H and O–H groups in total. The SMILES string of the molecule is CCOC(=O)Cc1c(C#N)cc(C(F)F)nc1Br. The average Bonchev–Trinajstić information content (AvgIpc) is 2.31. The lowest BCUT2D eigenvalue weighted by Gasteiger charge is -2.08. The fourth-order valence-corrected chi connectivity index (χ4v) is 1.85. The highest BCUT2D eigenvalue weighted by Gasteiger charge is 2.18. The second-order valence-corrected chi connectivity index (χ2v) is 4.01. The first-order chi connectivity index (χ1) is 8.49. The van der Waals surface area contributed by atoms with E-state index in [-0.39, 0.29) is 28.8 Å². The Balaban J connectivity index is 3.12. The normalized spacial score (nSPS) is 10.2. The van der Waals surface area contributed by atoms with Gasteiger partial charge >= 0.3 is 5.97 Å². The molecule has 96 valence electrons. The largest absolute Gasteiger partial charge is 0.466 e. The van der Waals surface area contributed by atoms with Gasteiger partial charge in [0.2, 0.25) is 0 Å². The number of pyridine rings is 1. The van der Waals surface area contributed by atoms with E-state index in [1.807, 2.05) is 0 Å². The Morgan fingerprint density at radius 1 is 1.67 bits per heavy atom. The Morgan fingerprint density at radius 2 is 2.33 bits per heavy atom. The van der Waals surface area contributed by atoms with E-state index in [0.717, 1.165) is 6.07 Å². The highest BCUT2D eigenvalue weighted by molar-refractivity contribution is 9.10. The number of hydrogen-bond donors (Lipinski definition) is 0. The van der Waals surface area contributed by atoms with Crippen LogP contribution in [0.25, 0.3) is 0 Å². The molecule has 1 aromatic heterocycles. The van der Waals surface area contributed by atoms with Crippen LogP contribution in [0.1, 0.15) is 30.2 Å². The molecular formula is C11H9BrF2N2O2. The fourth-order valence-electron chi connectivity index (χ4n) is 1.30. The minimum absolute atomic E-state index is 0.0137. The molecule has 1 rings (SSSR count). The standard InChI is InChI=1S/C11H9BrF2N2O2/c1-2-18-9(17)4-7-6(5-15)3-8(11(13)14)16-10(7)12/h3,11H,2,4H2,1H3. The summed E-state index contributed by atoms with van der Waals surface area (Å²) >= 11 is 2.98. The molecule has 0 aliphatic carbocycles. The number of esters is 1. The first-order valence-electron chi connectivity index (χ1n) is 5.02. The predicted molar refractivity (Wildman–Crippen MR) is 61.9 cm³/mol. The van der Waals surface area contributed by atoms with Crippen LogP contribution in [-0.4, -0.2) is 17.6 Å². The number of hydrogen-bond acceptors (Lipinski definition) is 4. The zero-order chi connectivity index (χ0) is 13.7. The zero-order valence-electron chi connectivity index (χ0n) is 9.41. The first kappa shape index (κ1) is 14.5. The van der Waals surface area contributed by atoms with Crippen molar-refractivity contribution in [3.63, 3.8) is 0 Å². The summed E-state index contributed by atoms with van der Waals surface area (Å²) < 4.78 is 29.8. The third-order valence-electron chi connectivity index (χ3n) is 2.06. The molecule has 4 nitrogen and oxygen atoms in total. The van der Waals surface area contributed by atoms with Crippen molar-refractivity contribution in [2.45, 2.75) is 19.8 Å². The summed E-state index contributed by atoms with van der Waals surface area (Å²) in [5.41, 5.74) is -0.272. The van der Waals surface area contributed by atoms with Crippen molar-refractivity contribution in [2.24, 2.45) is 0 Å². The number of nitriles is 1. The van der Waals surface area contributed by atoms with E-state index in [2.05, 4.69) is 20.9 Å². The Labute approximate surface area is 111 Å². The van der Waals surface area contributed by atoms with Gasteiger partial charge < -0.3 is 4.74 Å². The molecule has 0 saturated heterocycles. The van der Waals surface area contributed by atoms with Gasteiger partial charge in [-0.25, -0.2) is 13.8 Å². The van der Waals surface area contributed by atoms with Gasteiger partial charge in [0.25, 0.3) is 6.43 Å². The Hall–Kier alpha value is -1.55. The van der Waals surface area contributed by atoms with Crippen molar-refractivity contribution in [3.05, 3.63) is 27.5 Å². The van der Waals surface area contributed by atoms with Crippen LogP contribution in [0, 0.1) is 11.3 Å². The van der Waals surface area contributed by atoms with E-state index >= 15 is 0 Å². The number of carbonyl (C=O) groups is 1. The van der Waals surface area contributed by atoms with Crippen molar-refractivity contribution in [1.82, 2.24) is 4.98 Å². The van der Waals surface area contributed by atoms with Crippen LogP contribution in [0.15, 0.2) is 10.7 Å². The molecule has 1 heterocycles. The van der Waals surface area contributed by atoms with Crippen LogP contribution in [0.3, 0.4) is 0 Å². The van der Waals surface area contributed by atoms with Gasteiger partial charge in [-0.1, -0.05) is 0 Å². The lowest BCUT2D eigenvalue weighted by atomic mass is 10.1. The number of nitrogens with zero attached hydrogens (tertiary/aromatic N) is 2. The van der Waals surface area contributed by atoms with Crippen LogP contribution >= 0.6 is 15.9 Å². The highest BCUT2D eigenvalue weighted by atomic mass is 79.9. The Morgan fingerprint density at radius 3 is 2.83 bits per heavy atom. The van der Waals surface area contributed by atoms with Crippen LogP contribution in [-0.2, 0) is 16.0 Å². The van der Waals surface area contributed by atoms with Gasteiger partial charge in [-0.15, -0.1) is 0 Å². The number of alkyl halides is 2. The van der Waals surface area contributed by atoms with Gasteiger partial charge in [0, 0.05) is 5.56 Å². The molecule has 0 saturated carbocycles. The fraction of sp³-hybridized carbons (Fsp3) is 0.364. The molecule has 1 aromatic rings. The van der Waals surface area contributed by atoms with Crippen molar-refractivity contribution >= 4 is 21.9 Å². The summed E-state index contributed by atoms with van der Waals surface area (Å²) in [4.78, 5) is 14.9. The second kappa shape index (κ2) is 6.40. The average molecular weight is 319 g/mol. The maximum atomic E-state index is 12.5. The minimum Gasteiger partial charge on any atom is -0.466 e. The molecule has 0 radical (unpaired) electrons. The van der Waals surface area contributed by atoms with Gasteiger partial charge in [0.15, 0.2) is 0 Å². The molecule has 0 bridgehead atoms. The summed E-state index contributed by atoms with van der Waals surface area (Å²) in [6, 6.07) is 2.74. The summed E-state index contributed by atoms with van der Waals surface area (Å²) in [6.07, 6.45) is -2.96. The van der Waals surface area contributed by atoms with Crippen LogP contribution in [0.4, 0.5) is 8.78 Å². The second-order valence-electron chi connectivity index (χ2n) is 3.26. The smallest absolute Gasteiger partial charge is 0.310 e. The summed E-state index contributed by atoms with van der Waals surface area (Å²) in [6.45, 7) is 1.86. The van der Waals surface area contributed by atoms with Crippen molar-refractivity contribution in [2.75, 3.05) is 6.61 Å². The molecular weight excluding hydrogens is 310 g/mol. The Kier molecular flexibility index (Phi) is 5.16. The van der Waals surface area contributed by atoms with E-state index < -0.39 is 18.1 Å². The molecule has 0 unspecified atom stereocenters. The third kappa shape index (κ3) is 3.47. The molecule has 7 heteroatoms. The number of halogens is 3. The number of aromatic nitrogens is 1. The van der Waals surface area contributed by atoms with E-state index in [1.165, 1.54) is 0 Å². The maximum Gasteiger partial charge on any atom is 0.310 e. The van der Waals surface area contributed by atoms with Gasteiger partial charge in [0.1, 0.15) is 10.3 Å². The van der Waals surface area contributed by atoms with Crippen LogP contribution < -0.4 is 0 Å².